The second-order valence-electron chi connectivity index (χ2n) is 3.79. The molecule has 0 saturated heterocycles. The van der Waals surface area contributed by atoms with Gasteiger partial charge in [0, 0.05) is 6.42 Å². The first kappa shape index (κ1) is 15.3. The molecule has 0 spiro atoms. The van der Waals surface area contributed by atoms with Gasteiger partial charge in [-0.25, -0.2) is 0 Å². The maximum absolute atomic E-state index is 12.0. The van der Waals surface area contributed by atoms with E-state index >= 15 is 0 Å². The molecule has 0 unspecified atom stereocenters. The number of carbonyl (C=O) groups is 1. The van der Waals surface area contributed by atoms with Crippen LogP contribution in [0.25, 0.3) is 0 Å². The standard InChI is InChI=1S/C13H15F3O3/c1-2-18-11-6-3-5-10(9-17)12(11)19-8-4-7-13(14,15)16/h3,5-6,9H,2,4,7-8H2,1H3. The molecule has 0 aliphatic rings. The summed E-state index contributed by atoms with van der Waals surface area (Å²) in [5.41, 5.74) is 0.262. The minimum absolute atomic E-state index is 0.121. The number of halogens is 3. The molecule has 0 saturated carbocycles. The van der Waals surface area contributed by atoms with Crippen molar-refractivity contribution >= 4 is 6.29 Å². The maximum Gasteiger partial charge on any atom is 0.389 e. The van der Waals surface area contributed by atoms with Crippen LogP contribution in [0, 0.1) is 0 Å². The zero-order valence-electron chi connectivity index (χ0n) is 10.5. The third-order valence-electron chi connectivity index (χ3n) is 2.29. The number of alkyl halides is 3. The predicted molar refractivity (Wildman–Crippen MR) is 63.8 cm³/mol. The predicted octanol–water partition coefficient (Wildman–Crippen LogP) is 3.62. The SMILES string of the molecule is CCOc1cccc(C=O)c1OCCCC(F)(F)F. The summed E-state index contributed by atoms with van der Waals surface area (Å²) < 4.78 is 46.5. The molecule has 0 amide bonds. The van der Waals surface area contributed by atoms with Crippen LogP contribution in [0.15, 0.2) is 18.2 Å². The minimum atomic E-state index is -4.20. The fraction of sp³-hybridized carbons (Fsp3) is 0.462. The molecule has 0 aromatic heterocycles. The molecule has 0 radical (unpaired) electrons. The van der Waals surface area contributed by atoms with Gasteiger partial charge in [-0.05, 0) is 25.5 Å². The van der Waals surface area contributed by atoms with Crippen LogP contribution in [0.5, 0.6) is 11.5 Å². The second kappa shape index (κ2) is 7.01. The molecule has 1 aromatic rings. The van der Waals surface area contributed by atoms with Gasteiger partial charge in [0.2, 0.25) is 0 Å². The molecule has 0 heterocycles. The summed E-state index contributed by atoms with van der Waals surface area (Å²) >= 11 is 0. The van der Waals surface area contributed by atoms with Gasteiger partial charge in [-0.3, -0.25) is 4.79 Å². The fourth-order valence-electron chi connectivity index (χ4n) is 1.50. The summed E-state index contributed by atoms with van der Waals surface area (Å²) in [6.45, 7) is 2.02. The maximum atomic E-state index is 12.0. The number of benzene rings is 1. The molecule has 0 atom stereocenters. The Morgan fingerprint density at radius 3 is 2.58 bits per heavy atom. The molecule has 1 rings (SSSR count). The third-order valence-corrected chi connectivity index (χ3v) is 2.29. The zero-order chi connectivity index (χ0) is 14.3. The van der Waals surface area contributed by atoms with E-state index in [4.69, 9.17) is 9.47 Å². The molecule has 0 fully saturated rings. The Bertz CT molecular complexity index is 416. The average Bonchev–Trinajstić information content (AvgIpc) is 2.35. The average molecular weight is 276 g/mol. The van der Waals surface area contributed by atoms with Gasteiger partial charge in [0.15, 0.2) is 17.8 Å². The zero-order valence-corrected chi connectivity index (χ0v) is 10.5. The van der Waals surface area contributed by atoms with E-state index in [1.54, 1.807) is 19.1 Å². The van der Waals surface area contributed by atoms with Crippen LogP contribution in [0.3, 0.4) is 0 Å². The highest BCUT2D eigenvalue weighted by Crippen LogP contribution is 2.31. The Labute approximate surface area is 109 Å². The lowest BCUT2D eigenvalue weighted by Crippen LogP contribution is -2.10. The molecule has 6 heteroatoms. The third kappa shape index (κ3) is 5.19. The van der Waals surface area contributed by atoms with Crippen LogP contribution in [-0.2, 0) is 0 Å². The van der Waals surface area contributed by atoms with Crippen LogP contribution in [0.1, 0.15) is 30.1 Å². The van der Waals surface area contributed by atoms with E-state index in [1.165, 1.54) is 6.07 Å². The lowest BCUT2D eigenvalue weighted by Gasteiger charge is -2.14. The first-order chi connectivity index (χ1) is 8.98. The molecular weight excluding hydrogens is 261 g/mol. The van der Waals surface area contributed by atoms with Gasteiger partial charge in [0.05, 0.1) is 18.8 Å². The van der Waals surface area contributed by atoms with Crippen molar-refractivity contribution in [3.8, 4) is 11.5 Å². The molecule has 0 aliphatic heterocycles. The number of hydrogen-bond acceptors (Lipinski definition) is 3. The smallest absolute Gasteiger partial charge is 0.389 e. The summed E-state index contributed by atoms with van der Waals surface area (Å²) in [6, 6.07) is 4.75. The van der Waals surface area contributed by atoms with Gasteiger partial charge in [-0.15, -0.1) is 0 Å². The summed E-state index contributed by atoms with van der Waals surface area (Å²) in [5.74, 6) is 0.556. The Hall–Kier alpha value is -1.72. The molecule has 1 aromatic carbocycles. The van der Waals surface area contributed by atoms with Crippen LogP contribution in [-0.4, -0.2) is 25.7 Å². The Morgan fingerprint density at radius 2 is 2.00 bits per heavy atom. The van der Waals surface area contributed by atoms with Gasteiger partial charge in [-0.2, -0.15) is 13.2 Å². The first-order valence-corrected chi connectivity index (χ1v) is 5.88. The Morgan fingerprint density at radius 1 is 1.26 bits per heavy atom. The molecular formula is C13H15F3O3. The van der Waals surface area contributed by atoms with Crippen LogP contribution in [0.2, 0.25) is 0 Å². The Kier molecular flexibility index (Phi) is 5.66. The Balaban J connectivity index is 2.67. The second-order valence-corrected chi connectivity index (χ2v) is 3.79. The van der Waals surface area contributed by atoms with Crippen molar-refractivity contribution in [1.82, 2.24) is 0 Å². The number of aldehydes is 1. The molecule has 3 nitrogen and oxygen atoms in total. The van der Waals surface area contributed by atoms with Crippen molar-refractivity contribution in [3.63, 3.8) is 0 Å². The summed E-state index contributed by atoms with van der Waals surface area (Å²) in [6.07, 6.45) is -4.69. The molecule has 0 N–H and O–H groups in total. The lowest BCUT2D eigenvalue weighted by atomic mass is 10.2. The van der Waals surface area contributed by atoms with Crippen LogP contribution < -0.4 is 9.47 Å². The van der Waals surface area contributed by atoms with E-state index in [2.05, 4.69) is 0 Å². The van der Waals surface area contributed by atoms with E-state index in [-0.39, 0.29) is 24.3 Å². The number of para-hydroxylation sites is 1. The number of rotatable bonds is 7. The monoisotopic (exact) mass is 276 g/mol. The largest absolute Gasteiger partial charge is 0.490 e. The van der Waals surface area contributed by atoms with Gasteiger partial charge < -0.3 is 9.47 Å². The van der Waals surface area contributed by atoms with Gasteiger partial charge >= 0.3 is 6.18 Å². The summed E-state index contributed by atoms with van der Waals surface area (Å²) in [5, 5.41) is 0. The van der Waals surface area contributed by atoms with Crippen molar-refractivity contribution in [2.45, 2.75) is 25.9 Å². The number of carbonyl (C=O) groups excluding carboxylic acids is 1. The molecule has 19 heavy (non-hydrogen) atoms. The van der Waals surface area contributed by atoms with Crippen molar-refractivity contribution in [2.75, 3.05) is 13.2 Å². The molecule has 0 bridgehead atoms. The quantitative estimate of drug-likeness (QED) is 0.563. The number of ether oxygens (including phenoxy) is 2. The minimum Gasteiger partial charge on any atom is -0.490 e. The van der Waals surface area contributed by atoms with Gasteiger partial charge in [0.1, 0.15) is 0 Å². The van der Waals surface area contributed by atoms with E-state index < -0.39 is 12.6 Å². The fourth-order valence-corrected chi connectivity index (χ4v) is 1.50. The highest BCUT2D eigenvalue weighted by atomic mass is 19.4. The van der Waals surface area contributed by atoms with Crippen molar-refractivity contribution in [2.24, 2.45) is 0 Å². The van der Waals surface area contributed by atoms with Crippen LogP contribution in [0.4, 0.5) is 13.2 Å². The summed E-state index contributed by atoms with van der Waals surface area (Å²) in [4.78, 5) is 10.9. The molecule has 106 valence electrons. The van der Waals surface area contributed by atoms with Gasteiger partial charge in [0.25, 0.3) is 0 Å². The van der Waals surface area contributed by atoms with Gasteiger partial charge in [-0.1, -0.05) is 6.07 Å². The number of hydrogen-bond donors (Lipinski definition) is 0. The topological polar surface area (TPSA) is 35.5 Å². The lowest BCUT2D eigenvalue weighted by molar-refractivity contribution is -0.136. The van der Waals surface area contributed by atoms with Crippen LogP contribution >= 0.6 is 0 Å². The van der Waals surface area contributed by atoms with Crippen molar-refractivity contribution in [1.29, 1.82) is 0 Å². The highest BCUT2D eigenvalue weighted by molar-refractivity contribution is 5.81. The van der Waals surface area contributed by atoms with E-state index in [0.29, 0.717) is 18.6 Å². The van der Waals surface area contributed by atoms with Crippen molar-refractivity contribution < 1.29 is 27.4 Å². The van der Waals surface area contributed by atoms with E-state index in [9.17, 15) is 18.0 Å². The van der Waals surface area contributed by atoms with Crippen molar-refractivity contribution in [3.05, 3.63) is 23.8 Å². The molecule has 0 aliphatic carbocycles. The van der Waals surface area contributed by atoms with E-state index in [1.807, 2.05) is 0 Å². The highest BCUT2D eigenvalue weighted by Gasteiger charge is 2.26. The van der Waals surface area contributed by atoms with E-state index in [0.717, 1.165) is 0 Å². The first-order valence-electron chi connectivity index (χ1n) is 5.88. The summed E-state index contributed by atoms with van der Waals surface area (Å²) in [7, 11) is 0. The normalized spacial score (nSPS) is 11.2.